The lowest BCUT2D eigenvalue weighted by Gasteiger charge is -2.39. The number of nitrogens with two attached hydrogens (primary N) is 1. The molecule has 0 aromatic heterocycles. The molecule has 0 spiro atoms. The molecule has 25 heavy (non-hydrogen) atoms. The van der Waals surface area contributed by atoms with Gasteiger partial charge in [-0.2, -0.15) is 0 Å². The van der Waals surface area contributed by atoms with Crippen LogP contribution in [0.1, 0.15) is 42.0 Å². The molecule has 1 saturated carbocycles. The number of carbonyl (C=O) groups is 1. The molecule has 0 radical (unpaired) electrons. The van der Waals surface area contributed by atoms with Gasteiger partial charge in [-0.25, -0.2) is 0 Å². The minimum Gasteiger partial charge on any atom is -0.331 e. The number of nitrogens with zero attached hydrogens (tertiary/aromatic N) is 1. The van der Waals surface area contributed by atoms with Gasteiger partial charge in [0.25, 0.3) is 0 Å². The van der Waals surface area contributed by atoms with Crippen molar-refractivity contribution in [1.82, 2.24) is 4.90 Å². The van der Waals surface area contributed by atoms with Crippen LogP contribution in [0.25, 0.3) is 0 Å². The van der Waals surface area contributed by atoms with Gasteiger partial charge in [0.2, 0.25) is 5.91 Å². The zero-order valence-electron chi connectivity index (χ0n) is 14.2. The molecule has 1 aliphatic carbocycles. The first-order valence-electron chi connectivity index (χ1n) is 9.00. The van der Waals surface area contributed by atoms with E-state index in [-0.39, 0.29) is 23.9 Å². The van der Waals surface area contributed by atoms with Gasteiger partial charge < -0.3 is 10.6 Å². The van der Waals surface area contributed by atoms with E-state index in [9.17, 15) is 4.79 Å². The zero-order chi connectivity index (χ0) is 17.4. The maximum atomic E-state index is 13.3. The van der Waals surface area contributed by atoms with Crippen molar-refractivity contribution in [3.05, 3.63) is 70.2 Å². The number of carbonyl (C=O) groups excluding carboxylic acids is 1. The van der Waals surface area contributed by atoms with Crippen LogP contribution >= 0.6 is 11.6 Å². The van der Waals surface area contributed by atoms with Gasteiger partial charge in [-0.15, -0.1) is 0 Å². The van der Waals surface area contributed by atoms with Gasteiger partial charge in [0.1, 0.15) is 0 Å². The second-order valence-electron chi connectivity index (χ2n) is 7.28. The van der Waals surface area contributed by atoms with Crippen molar-refractivity contribution in [3.63, 3.8) is 0 Å². The molecule has 2 aromatic rings. The van der Waals surface area contributed by atoms with Crippen LogP contribution in [0.2, 0.25) is 5.02 Å². The highest BCUT2D eigenvalue weighted by Gasteiger charge is 2.37. The maximum Gasteiger partial charge on any atom is 0.226 e. The van der Waals surface area contributed by atoms with Crippen molar-refractivity contribution < 1.29 is 4.79 Å². The molecule has 3 atom stereocenters. The van der Waals surface area contributed by atoms with Crippen LogP contribution in [-0.2, 0) is 17.8 Å². The number of hydrogen-bond acceptors (Lipinski definition) is 2. The van der Waals surface area contributed by atoms with Gasteiger partial charge in [0.15, 0.2) is 0 Å². The quantitative estimate of drug-likeness (QED) is 0.882. The standard InChI is InChI=1S/C21H23ClN2O/c22-18-8-6-15-12-20(14-4-2-1-3-5-14)24(13-17(15)10-18)21(25)16-7-9-19(23)11-16/h1-6,8,10,16,19-20H,7,9,11-13,23H2. The monoisotopic (exact) mass is 354 g/mol. The highest BCUT2D eigenvalue weighted by Crippen LogP contribution is 2.37. The van der Waals surface area contributed by atoms with Crippen LogP contribution in [0, 0.1) is 5.92 Å². The molecule has 1 amide bonds. The van der Waals surface area contributed by atoms with Gasteiger partial charge >= 0.3 is 0 Å². The largest absolute Gasteiger partial charge is 0.331 e. The molecule has 130 valence electrons. The van der Waals surface area contributed by atoms with E-state index < -0.39 is 0 Å². The van der Waals surface area contributed by atoms with E-state index >= 15 is 0 Å². The highest BCUT2D eigenvalue weighted by atomic mass is 35.5. The molecular weight excluding hydrogens is 332 g/mol. The molecule has 3 nitrogen and oxygen atoms in total. The van der Waals surface area contributed by atoms with Crippen molar-refractivity contribution in [2.45, 2.75) is 44.3 Å². The summed E-state index contributed by atoms with van der Waals surface area (Å²) >= 11 is 6.18. The van der Waals surface area contributed by atoms with Crippen LogP contribution in [0.4, 0.5) is 0 Å². The predicted molar refractivity (Wildman–Crippen MR) is 100 cm³/mol. The molecule has 1 heterocycles. The van der Waals surface area contributed by atoms with Gasteiger partial charge in [0, 0.05) is 23.5 Å². The van der Waals surface area contributed by atoms with Crippen molar-refractivity contribution in [3.8, 4) is 0 Å². The first kappa shape index (κ1) is 16.6. The number of fused-ring (bicyclic) bond motifs is 1. The number of amides is 1. The van der Waals surface area contributed by atoms with E-state index in [1.54, 1.807) is 0 Å². The van der Waals surface area contributed by atoms with Crippen molar-refractivity contribution >= 4 is 17.5 Å². The van der Waals surface area contributed by atoms with E-state index in [2.05, 4.69) is 23.1 Å². The average molecular weight is 355 g/mol. The summed E-state index contributed by atoms with van der Waals surface area (Å²) in [6.07, 6.45) is 3.49. The van der Waals surface area contributed by atoms with Gasteiger partial charge in [0.05, 0.1) is 6.04 Å². The lowest BCUT2D eigenvalue weighted by Crippen LogP contribution is -2.42. The molecule has 1 aliphatic heterocycles. The Morgan fingerprint density at radius 2 is 1.88 bits per heavy atom. The zero-order valence-corrected chi connectivity index (χ0v) is 15.0. The summed E-state index contributed by atoms with van der Waals surface area (Å²) in [5, 5.41) is 0.729. The predicted octanol–water partition coefficient (Wildman–Crippen LogP) is 4.09. The second-order valence-corrected chi connectivity index (χ2v) is 7.72. The minimum absolute atomic E-state index is 0.0574. The minimum atomic E-state index is 0.0574. The number of halogens is 1. The Morgan fingerprint density at radius 3 is 2.60 bits per heavy atom. The molecule has 1 fully saturated rings. The summed E-state index contributed by atoms with van der Waals surface area (Å²) in [7, 11) is 0. The Kier molecular flexibility index (Phi) is 4.53. The summed E-state index contributed by atoms with van der Waals surface area (Å²) < 4.78 is 0. The van der Waals surface area contributed by atoms with Crippen molar-refractivity contribution in [1.29, 1.82) is 0 Å². The Balaban J connectivity index is 1.69. The summed E-state index contributed by atoms with van der Waals surface area (Å²) in [6, 6.07) is 16.6. The lowest BCUT2D eigenvalue weighted by molar-refractivity contribution is -0.139. The molecular formula is C21H23ClN2O. The second kappa shape index (κ2) is 6.81. The number of benzene rings is 2. The summed E-state index contributed by atoms with van der Waals surface area (Å²) in [5.74, 6) is 0.300. The fourth-order valence-electron chi connectivity index (χ4n) is 4.23. The molecule has 4 heteroatoms. The molecule has 4 rings (SSSR count). The van der Waals surface area contributed by atoms with Crippen LogP contribution in [-0.4, -0.2) is 16.8 Å². The molecule has 2 N–H and O–H groups in total. The lowest BCUT2D eigenvalue weighted by atomic mass is 9.88. The van der Waals surface area contributed by atoms with E-state index in [1.165, 1.54) is 11.1 Å². The summed E-state index contributed by atoms with van der Waals surface area (Å²) in [6.45, 7) is 0.625. The normalized spacial score (nSPS) is 25.7. The third-order valence-corrected chi connectivity index (χ3v) is 5.82. The Hall–Kier alpha value is -1.84. The van der Waals surface area contributed by atoms with Crippen molar-refractivity contribution in [2.75, 3.05) is 0 Å². The third kappa shape index (κ3) is 3.31. The third-order valence-electron chi connectivity index (χ3n) is 5.59. The Labute approximate surface area is 153 Å². The molecule has 0 saturated heterocycles. The molecule has 3 unspecified atom stereocenters. The fourth-order valence-corrected chi connectivity index (χ4v) is 4.43. The van der Waals surface area contributed by atoms with Crippen LogP contribution < -0.4 is 5.73 Å². The first-order valence-corrected chi connectivity index (χ1v) is 9.38. The van der Waals surface area contributed by atoms with E-state index in [1.807, 2.05) is 30.3 Å². The summed E-state index contributed by atoms with van der Waals surface area (Å²) in [5.41, 5.74) is 9.68. The summed E-state index contributed by atoms with van der Waals surface area (Å²) in [4.78, 5) is 15.3. The smallest absolute Gasteiger partial charge is 0.226 e. The van der Waals surface area contributed by atoms with Gasteiger partial charge in [-0.3, -0.25) is 4.79 Å². The SMILES string of the molecule is NC1CCC(C(=O)N2Cc3cc(Cl)ccc3CC2c2ccccc2)C1. The van der Waals surface area contributed by atoms with Crippen molar-refractivity contribution in [2.24, 2.45) is 11.7 Å². The van der Waals surface area contributed by atoms with Crippen LogP contribution in [0.5, 0.6) is 0 Å². The van der Waals surface area contributed by atoms with E-state index in [0.29, 0.717) is 6.54 Å². The average Bonchev–Trinajstić information content (AvgIpc) is 3.07. The first-order chi connectivity index (χ1) is 12.1. The number of rotatable bonds is 2. The fraction of sp³-hybridized carbons (Fsp3) is 0.381. The molecule has 2 aliphatic rings. The Bertz CT molecular complexity index is 777. The molecule has 0 bridgehead atoms. The molecule has 2 aromatic carbocycles. The highest BCUT2D eigenvalue weighted by molar-refractivity contribution is 6.30. The van der Waals surface area contributed by atoms with E-state index in [0.717, 1.165) is 36.3 Å². The maximum absolute atomic E-state index is 13.3. The number of hydrogen-bond donors (Lipinski definition) is 1. The van der Waals surface area contributed by atoms with Gasteiger partial charge in [-0.05, 0) is 54.5 Å². The van der Waals surface area contributed by atoms with Gasteiger partial charge in [-0.1, -0.05) is 48.0 Å². The topological polar surface area (TPSA) is 46.3 Å². The van der Waals surface area contributed by atoms with Crippen LogP contribution in [0.15, 0.2) is 48.5 Å². The van der Waals surface area contributed by atoms with E-state index in [4.69, 9.17) is 17.3 Å². The van der Waals surface area contributed by atoms with Crippen LogP contribution in [0.3, 0.4) is 0 Å². The Morgan fingerprint density at radius 1 is 1.08 bits per heavy atom.